The number of hydrogen-bond acceptors (Lipinski definition) is 4. The fourth-order valence-corrected chi connectivity index (χ4v) is 3.79. The van der Waals surface area contributed by atoms with Crippen LogP contribution in [0, 0.1) is 5.92 Å². The van der Waals surface area contributed by atoms with Gasteiger partial charge in [-0.05, 0) is 25.7 Å². The Kier molecular flexibility index (Phi) is 9.46. The van der Waals surface area contributed by atoms with Crippen molar-refractivity contribution >= 4 is 40.0 Å². The molecule has 1 aliphatic rings. The summed E-state index contributed by atoms with van der Waals surface area (Å²) >= 11 is 0. The van der Waals surface area contributed by atoms with Gasteiger partial charge in [-0.15, -0.1) is 24.0 Å². The van der Waals surface area contributed by atoms with Crippen LogP contribution in [0.3, 0.4) is 0 Å². The van der Waals surface area contributed by atoms with Crippen LogP contribution in [0.5, 0.6) is 0 Å². The summed E-state index contributed by atoms with van der Waals surface area (Å²) in [5.41, 5.74) is -4.28. The number of aliphatic imine (C=N–C) groups is 1. The molecule has 0 aliphatic carbocycles. The summed E-state index contributed by atoms with van der Waals surface area (Å²) in [6.45, 7) is 3.31. The van der Waals surface area contributed by atoms with Gasteiger partial charge in [-0.3, -0.25) is 4.68 Å². The summed E-state index contributed by atoms with van der Waals surface area (Å²) < 4.78 is 62.9. The summed E-state index contributed by atoms with van der Waals surface area (Å²) in [5, 5.41) is 10.4. The molecule has 0 bridgehead atoms. The van der Waals surface area contributed by atoms with Crippen LogP contribution in [0.25, 0.3) is 0 Å². The van der Waals surface area contributed by atoms with Crippen molar-refractivity contribution in [3.05, 3.63) is 18.0 Å². The van der Waals surface area contributed by atoms with Crippen molar-refractivity contribution in [2.75, 3.05) is 26.2 Å². The zero-order valence-corrected chi connectivity index (χ0v) is 18.9. The second kappa shape index (κ2) is 10.6. The highest BCUT2D eigenvalue weighted by molar-refractivity contribution is 14.0. The fraction of sp³-hybridized carbons (Fsp3) is 0.733. The number of alkyl halides is 3. The summed E-state index contributed by atoms with van der Waals surface area (Å²) in [4.78, 5) is 4.45. The van der Waals surface area contributed by atoms with Crippen LogP contribution < -0.4 is 10.6 Å². The Labute approximate surface area is 180 Å². The van der Waals surface area contributed by atoms with Crippen LogP contribution in [-0.2, 0) is 23.6 Å². The second-order valence-corrected chi connectivity index (χ2v) is 8.32. The minimum Gasteiger partial charge on any atom is -0.357 e. The largest absolute Gasteiger partial charge is 0.511 e. The monoisotopic (exact) mass is 538 g/mol. The molecule has 2 N–H and O–H groups in total. The van der Waals surface area contributed by atoms with Gasteiger partial charge in [-0.1, -0.05) is 0 Å². The standard InChI is InChI=1S/C15H25F3N6O2S.HI/c1-3-19-14(21-9-13-10-22-23(2)11-13)20-8-12-4-6-24(7-5-12)27(25,26)15(16,17)18;/h10-12H,3-9H2,1-2H3,(H2,19,20,21);1H. The van der Waals surface area contributed by atoms with Crippen LogP contribution >= 0.6 is 24.0 Å². The molecule has 13 heteroatoms. The molecular formula is C15H26F3IN6O2S. The van der Waals surface area contributed by atoms with Gasteiger partial charge in [0.15, 0.2) is 5.96 Å². The van der Waals surface area contributed by atoms with Gasteiger partial charge in [0, 0.05) is 45.0 Å². The van der Waals surface area contributed by atoms with Crippen molar-refractivity contribution in [3.63, 3.8) is 0 Å². The average molecular weight is 538 g/mol. The number of guanidine groups is 1. The molecule has 0 atom stereocenters. The predicted octanol–water partition coefficient (Wildman–Crippen LogP) is 1.65. The van der Waals surface area contributed by atoms with Gasteiger partial charge in [-0.2, -0.15) is 22.6 Å². The predicted molar refractivity (Wildman–Crippen MR) is 111 cm³/mol. The van der Waals surface area contributed by atoms with Crippen LogP contribution in [0.4, 0.5) is 13.2 Å². The van der Waals surface area contributed by atoms with E-state index in [0.717, 1.165) is 5.56 Å². The fourth-order valence-electron chi connectivity index (χ4n) is 2.81. The van der Waals surface area contributed by atoms with Crippen molar-refractivity contribution < 1.29 is 21.6 Å². The molecule has 28 heavy (non-hydrogen) atoms. The normalized spacial score (nSPS) is 17.2. The number of piperidine rings is 1. The molecule has 2 heterocycles. The molecule has 0 unspecified atom stereocenters. The first-order valence-electron chi connectivity index (χ1n) is 8.69. The smallest absolute Gasteiger partial charge is 0.357 e. The Hall–Kier alpha value is -1.09. The first-order chi connectivity index (χ1) is 12.6. The van der Waals surface area contributed by atoms with Crippen molar-refractivity contribution in [2.45, 2.75) is 31.8 Å². The van der Waals surface area contributed by atoms with Gasteiger partial charge < -0.3 is 10.6 Å². The van der Waals surface area contributed by atoms with Crippen LogP contribution in [0.2, 0.25) is 0 Å². The third-order valence-electron chi connectivity index (χ3n) is 4.29. The molecule has 0 spiro atoms. The molecule has 8 nitrogen and oxygen atoms in total. The van der Waals surface area contributed by atoms with E-state index in [4.69, 9.17) is 0 Å². The van der Waals surface area contributed by atoms with E-state index in [1.807, 2.05) is 20.2 Å². The van der Waals surface area contributed by atoms with Gasteiger partial charge in [-0.25, -0.2) is 13.4 Å². The number of aromatic nitrogens is 2. The van der Waals surface area contributed by atoms with E-state index in [2.05, 4.69) is 20.7 Å². The Morgan fingerprint density at radius 1 is 1.32 bits per heavy atom. The topological polar surface area (TPSA) is 91.6 Å². The van der Waals surface area contributed by atoms with E-state index in [0.29, 0.717) is 42.7 Å². The van der Waals surface area contributed by atoms with Gasteiger partial charge in [0.1, 0.15) is 0 Å². The van der Waals surface area contributed by atoms with Crippen LogP contribution in [-0.4, -0.2) is 60.2 Å². The number of rotatable bonds is 6. The van der Waals surface area contributed by atoms with E-state index in [-0.39, 0.29) is 43.0 Å². The maximum absolute atomic E-state index is 12.6. The molecule has 0 amide bonds. The first kappa shape index (κ1) is 24.9. The van der Waals surface area contributed by atoms with E-state index in [1.54, 1.807) is 10.9 Å². The Bertz CT molecular complexity index is 745. The lowest BCUT2D eigenvalue weighted by Gasteiger charge is -2.31. The lowest BCUT2D eigenvalue weighted by Crippen LogP contribution is -2.47. The first-order valence-corrected chi connectivity index (χ1v) is 10.1. The second-order valence-electron chi connectivity index (χ2n) is 6.39. The molecule has 1 fully saturated rings. The van der Waals surface area contributed by atoms with Crippen molar-refractivity contribution in [3.8, 4) is 0 Å². The summed E-state index contributed by atoms with van der Waals surface area (Å²) in [6.07, 6.45) is 4.32. The minimum absolute atomic E-state index is 0. The Morgan fingerprint density at radius 3 is 2.46 bits per heavy atom. The Morgan fingerprint density at radius 2 is 1.96 bits per heavy atom. The highest BCUT2D eigenvalue weighted by Gasteiger charge is 2.50. The highest BCUT2D eigenvalue weighted by Crippen LogP contribution is 2.30. The number of aryl methyl sites for hydroxylation is 1. The molecule has 0 radical (unpaired) electrons. The van der Waals surface area contributed by atoms with Crippen LogP contribution in [0.15, 0.2) is 17.4 Å². The van der Waals surface area contributed by atoms with E-state index < -0.39 is 15.5 Å². The molecule has 1 aliphatic heterocycles. The van der Waals surface area contributed by atoms with E-state index in [1.165, 1.54) is 0 Å². The SMILES string of the molecule is CCNC(=NCc1cnn(C)c1)NCC1CCN(S(=O)(=O)C(F)(F)F)CC1.I. The average Bonchev–Trinajstić information content (AvgIpc) is 3.02. The summed E-state index contributed by atoms with van der Waals surface area (Å²) in [6, 6.07) is 0. The minimum atomic E-state index is -5.24. The van der Waals surface area contributed by atoms with Gasteiger partial charge >= 0.3 is 15.5 Å². The Balaban J connectivity index is 0.00000392. The van der Waals surface area contributed by atoms with Gasteiger partial charge in [0.2, 0.25) is 0 Å². The summed E-state index contributed by atoms with van der Waals surface area (Å²) in [7, 11) is -3.41. The molecule has 1 aromatic rings. The van der Waals surface area contributed by atoms with Crippen molar-refractivity contribution in [1.82, 2.24) is 24.7 Å². The summed E-state index contributed by atoms with van der Waals surface area (Å²) in [5.74, 6) is 0.679. The number of sulfonamides is 1. The number of nitrogens with one attached hydrogen (secondary N) is 2. The number of halogens is 4. The van der Waals surface area contributed by atoms with Gasteiger partial charge in [0.25, 0.3) is 0 Å². The number of nitrogens with zero attached hydrogens (tertiary/aromatic N) is 4. The zero-order chi connectivity index (χ0) is 20.1. The molecule has 0 saturated carbocycles. The third-order valence-corrected chi connectivity index (χ3v) is 5.92. The number of hydrogen-bond donors (Lipinski definition) is 2. The molecule has 1 saturated heterocycles. The van der Waals surface area contributed by atoms with E-state index >= 15 is 0 Å². The molecular weight excluding hydrogens is 512 g/mol. The van der Waals surface area contributed by atoms with Crippen molar-refractivity contribution in [2.24, 2.45) is 18.0 Å². The lowest BCUT2D eigenvalue weighted by molar-refractivity contribution is -0.0496. The molecule has 1 aromatic heterocycles. The maximum Gasteiger partial charge on any atom is 0.511 e. The molecule has 162 valence electrons. The third kappa shape index (κ3) is 6.76. The quantitative estimate of drug-likeness (QED) is 0.327. The zero-order valence-electron chi connectivity index (χ0n) is 15.7. The molecule has 2 rings (SSSR count). The van der Waals surface area contributed by atoms with Gasteiger partial charge in [0.05, 0.1) is 12.7 Å². The van der Waals surface area contributed by atoms with Crippen LogP contribution in [0.1, 0.15) is 25.3 Å². The lowest BCUT2D eigenvalue weighted by atomic mass is 9.98. The maximum atomic E-state index is 12.6. The van der Waals surface area contributed by atoms with Crippen molar-refractivity contribution in [1.29, 1.82) is 0 Å². The molecule has 0 aromatic carbocycles. The van der Waals surface area contributed by atoms with E-state index in [9.17, 15) is 21.6 Å². The highest BCUT2D eigenvalue weighted by atomic mass is 127.